The van der Waals surface area contributed by atoms with Crippen molar-refractivity contribution in [3.63, 3.8) is 0 Å². The molecule has 2 aromatic heterocycles. The molecule has 4 aromatic rings. The lowest BCUT2D eigenvalue weighted by Gasteiger charge is -2.37. The Morgan fingerprint density at radius 2 is 0.953 bits per heavy atom. The van der Waals surface area contributed by atoms with Gasteiger partial charge >= 0.3 is 11.4 Å². The van der Waals surface area contributed by atoms with Crippen LogP contribution >= 0.6 is 11.6 Å². The fraction of sp³-hybridized carbons (Fsp3) is 0.617. The third kappa shape index (κ3) is 11.8. The molecular formula is C47H69ClN8O8. The van der Waals surface area contributed by atoms with Gasteiger partial charge in [-0.3, -0.25) is 37.4 Å². The van der Waals surface area contributed by atoms with E-state index in [4.69, 9.17) is 9.47 Å². The summed E-state index contributed by atoms with van der Waals surface area (Å²) in [6, 6.07) is 11.5. The van der Waals surface area contributed by atoms with E-state index >= 15 is 0 Å². The molecule has 3 amide bonds. The molecule has 4 aliphatic rings. The maximum absolute atomic E-state index is 12.9. The van der Waals surface area contributed by atoms with E-state index in [1.165, 1.54) is 6.92 Å². The number of carbonyl (C=O) groups is 4. The fourth-order valence-corrected chi connectivity index (χ4v) is 9.73. The minimum Gasteiger partial charge on any atom is -0.497 e. The van der Waals surface area contributed by atoms with Gasteiger partial charge in [-0.1, -0.05) is 7.43 Å². The highest BCUT2D eigenvalue weighted by Gasteiger charge is 2.33. The third-order valence-electron chi connectivity index (χ3n) is 13.4. The average molecular weight is 910 g/mol. The van der Waals surface area contributed by atoms with Crippen LogP contribution in [0.2, 0.25) is 0 Å². The zero-order valence-electron chi connectivity index (χ0n) is 37.8. The lowest BCUT2D eigenvalue weighted by molar-refractivity contribution is -0.142. The molecule has 2 aliphatic carbocycles. The van der Waals surface area contributed by atoms with Crippen molar-refractivity contribution < 1.29 is 28.7 Å². The first-order chi connectivity index (χ1) is 30.2. The van der Waals surface area contributed by atoms with Crippen LogP contribution in [0.25, 0.3) is 22.1 Å². The van der Waals surface area contributed by atoms with Crippen LogP contribution in [0.15, 0.2) is 46.0 Å². The van der Waals surface area contributed by atoms with Crippen LogP contribution in [0.3, 0.4) is 0 Å². The fourth-order valence-electron chi connectivity index (χ4n) is 9.73. The highest BCUT2D eigenvalue weighted by Crippen LogP contribution is 2.34. The molecule has 2 aliphatic heterocycles. The van der Waals surface area contributed by atoms with E-state index in [1.807, 2.05) is 62.4 Å². The Labute approximate surface area is 381 Å². The van der Waals surface area contributed by atoms with Gasteiger partial charge in [-0.25, -0.2) is 9.59 Å². The lowest BCUT2D eigenvalue weighted by Crippen LogP contribution is -2.51. The maximum atomic E-state index is 12.9. The van der Waals surface area contributed by atoms with Crippen LogP contribution in [0.4, 0.5) is 0 Å². The van der Waals surface area contributed by atoms with E-state index < -0.39 is 0 Å². The number of nitrogens with zero attached hydrogens (tertiary/aromatic N) is 7. The van der Waals surface area contributed by atoms with E-state index in [9.17, 15) is 28.8 Å². The number of benzene rings is 2. The summed E-state index contributed by atoms with van der Waals surface area (Å²) < 4.78 is 17.8. The molecule has 352 valence electrons. The summed E-state index contributed by atoms with van der Waals surface area (Å²) in [4.78, 5) is 77.7. The van der Waals surface area contributed by atoms with Gasteiger partial charge in [0.2, 0.25) is 23.0 Å². The SMILES string of the molecule is C.CC(=O)Cl.COc1ccc2c(c1)n(CC1CCC(C(=O)N3CCN(C(C)=O)CC3)CC1)c(=O)n2C.COc1ccc2c(c1)n(CC1CCC(C(=O)N3CCNCC3)CC1)c(=O)n2C. The van der Waals surface area contributed by atoms with Gasteiger partial charge in [-0.05, 0) is 99.1 Å². The normalized spacial score (nSPS) is 21.2. The standard InChI is InChI=1S/C23H32N4O4.C21H30N4O3.C2H3ClO.CH4/c1-16(28)25-10-12-26(13-11-25)22(29)18-6-4-17(5-7-18)15-27-21-14-19(31-3)8-9-20(21)24(2)23(27)30;1-23-18-8-7-17(28-2)13-19(18)25(21(23)27)14-15-3-5-16(6-4-15)20(26)24-11-9-22-10-12-24;1-2(3)4;/h8-9,14,17-18H,4-7,10-13,15H2,1-3H3;7-8,13,15-16,22H,3-6,9-12,14H2,1-2H3;1H3;1H4. The van der Waals surface area contributed by atoms with Gasteiger partial charge in [-0.15, -0.1) is 0 Å². The monoisotopic (exact) mass is 908 g/mol. The number of ether oxygens (including phenoxy) is 2. The number of halogens is 1. The van der Waals surface area contributed by atoms with E-state index in [2.05, 4.69) is 16.9 Å². The molecule has 2 saturated carbocycles. The van der Waals surface area contributed by atoms with Crippen LogP contribution in [0.1, 0.15) is 72.6 Å². The van der Waals surface area contributed by atoms with E-state index in [-0.39, 0.29) is 47.7 Å². The molecule has 2 saturated heterocycles. The molecule has 0 spiro atoms. The molecule has 16 nitrogen and oxygen atoms in total. The molecule has 64 heavy (non-hydrogen) atoms. The first-order valence-corrected chi connectivity index (χ1v) is 22.7. The minimum atomic E-state index is -0.361. The summed E-state index contributed by atoms with van der Waals surface area (Å²) >= 11 is 4.64. The molecule has 4 fully saturated rings. The molecule has 4 heterocycles. The van der Waals surface area contributed by atoms with Crippen LogP contribution in [0, 0.1) is 23.7 Å². The smallest absolute Gasteiger partial charge is 0.328 e. The molecule has 2 aromatic carbocycles. The Bertz CT molecular complexity index is 2350. The van der Waals surface area contributed by atoms with Crippen LogP contribution in [-0.2, 0) is 46.4 Å². The number of methoxy groups -OCH3 is 2. The summed E-state index contributed by atoms with van der Waals surface area (Å²) in [6.45, 7) is 10.2. The van der Waals surface area contributed by atoms with Crippen molar-refractivity contribution in [2.24, 2.45) is 37.8 Å². The summed E-state index contributed by atoms with van der Waals surface area (Å²) in [7, 11) is 6.89. The molecular weight excluding hydrogens is 840 g/mol. The van der Waals surface area contributed by atoms with Crippen LogP contribution in [0.5, 0.6) is 11.5 Å². The van der Waals surface area contributed by atoms with Crippen molar-refractivity contribution in [1.29, 1.82) is 0 Å². The second-order valence-corrected chi connectivity index (χ2v) is 18.0. The van der Waals surface area contributed by atoms with Crippen molar-refractivity contribution in [3.05, 3.63) is 57.4 Å². The minimum absolute atomic E-state index is 0. The number of rotatable bonds is 8. The predicted octanol–water partition coefficient (Wildman–Crippen LogP) is 4.84. The number of piperazine rings is 2. The van der Waals surface area contributed by atoms with Crippen molar-refractivity contribution in [1.82, 2.24) is 38.3 Å². The van der Waals surface area contributed by atoms with Crippen molar-refractivity contribution in [3.8, 4) is 11.5 Å². The van der Waals surface area contributed by atoms with Gasteiger partial charge < -0.3 is 29.5 Å². The highest BCUT2D eigenvalue weighted by atomic mass is 35.5. The number of imidazole rings is 2. The third-order valence-corrected chi connectivity index (χ3v) is 13.4. The molecule has 0 bridgehead atoms. The summed E-state index contributed by atoms with van der Waals surface area (Å²) in [5, 5.41) is 2.94. The number of hydrogen-bond donors (Lipinski definition) is 1. The van der Waals surface area contributed by atoms with E-state index in [0.29, 0.717) is 57.0 Å². The van der Waals surface area contributed by atoms with Gasteiger partial charge in [0, 0.05) is 117 Å². The summed E-state index contributed by atoms with van der Waals surface area (Å²) in [6.07, 6.45) is 7.45. The van der Waals surface area contributed by atoms with Gasteiger partial charge in [0.15, 0.2) is 0 Å². The van der Waals surface area contributed by atoms with E-state index in [0.717, 1.165) is 111 Å². The number of aryl methyl sites for hydroxylation is 2. The molecule has 17 heteroatoms. The summed E-state index contributed by atoms with van der Waals surface area (Å²) in [5.41, 5.74) is 3.65. The first-order valence-electron chi connectivity index (χ1n) is 22.4. The molecule has 1 N–H and O–H groups in total. The number of nitrogens with one attached hydrogen (secondary N) is 1. The second-order valence-electron chi connectivity index (χ2n) is 17.4. The van der Waals surface area contributed by atoms with Crippen LogP contribution < -0.4 is 26.2 Å². The van der Waals surface area contributed by atoms with Gasteiger partial charge in [-0.2, -0.15) is 0 Å². The van der Waals surface area contributed by atoms with E-state index in [1.54, 1.807) is 42.2 Å². The van der Waals surface area contributed by atoms with Gasteiger partial charge in [0.1, 0.15) is 11.5 Å². The Kier molecular flexibility index (Phi) is 17.7. The predicted molar refractivity (Wildman–Crippen MR) is 250 cm³/mol. The maximum Gasteiger partial charge on any atom is 0.328 e. The number of carbonyl (C=O) groups excluding carboxylic acids is 4. The quantitative estimate of drug-likeness (QED) is 0.244. The van der Waals surface area contributed by atoms with Crippen molar-refractivity contribution >= 4 is 56.6 Å². The molecule has 0 radical (unpaired) electrons. The highest BCUT2D eigenvalue weighted by molar-refractivity contribution is 6.62. The number of aromatic nitrogens is 4. The lowest BCUT2D eigenvalue weighted by atomic mass is 9.81. The number of hydrogen-bond acceptors (Lipinski definition) is 9. The van der Waals surface area contributed by atoms with Crippen LogP contribution in [-0.4, -0.2) is 123 Å². The zero-order valence-corrected chi connectivity index (χ0v) is 38.5. The zero-order chi connectivity index (χ0) is 45.4. The number of fused-ring (bicyclic) bond motifs is 2. The number of amides is 3. The Balaban J connectivity index is 0.000000220. The second kappa shape index (κ2) is 22.7. The van der Waals surface area contributed by atoms with Gasteiger partial charge in [0.05, 0.1) is 36.3 Å². The van der Waals surface area contributed by atoms with Gasteiger partial charge in [0.25, 0.3) is 0 Å². The average Bonchev–Trinajstić information content (AvgIpc) is 3.68. The van der Waals surface area contributed by atoms with Crippen molar-refractivity contribution in [2.75, 3.05) is 66.6 Å². The Hall–Kier alpha value is -5.09. The molecule has 8 rings (SSSR count). The summed E-state index contributed by atoms with van der Waals surface area (Å²) in [5.74, 6) is 3.16. The molecule has 0 unspecified atom stereocenters. The molecule has 0 atom stereocenters. The topological polar surface area (TPSA) is 162 Å². The Morgan fingerprint density at radius 3 is 1.31 bits per heavy atom. The first kappa shape index (κ1) is 49.9. The van der Waals surface area contributed by atoms with Crippen molar-refractivity contribution in [2.45, 2.75) is 85.7 Å². The Morgan fingerprint density at radius 1 is 0.594 bits per heavy atom. The largest absolute Gasteiger partial charge is 0.497 e.